The van der Waals surface area contributed by atoms with Gasteiger partial charge in [0.15, 0.2) is 0 Å². The van der Waals surface area contributed by atoms with Gasteiger partial charge in [0.1, 0.15) is 17.3 Å². The molecular weight excluding hydrogens is 235 g/mol. The largest absolute Gasteiger partial charge is 0.478 e. The molecule has 0 amide bonds. The number of halogens is 1. The second-order valence-corrected chi connectivity index (χ2v) is 3.84. The van der Waals surface area contributed by atoms with Crippen LogP contribution in [0.3, 0.4) is 0 Å². The van der Waals surface area contributed by atoms with Crippen molar-refractivity contribution < 1.29 is 19.0 Å². The zero-order chi connectivity index (χ0) is 13.1. The van der Waals surface area contributed by atoms with Crippen LogP contribution in [0.1, 0.15) is 15.9 Å². The van der Waals surface area contributed by atoms with E-state index in [1.165, 1.54) is 30.3 Å². The maximum atomic E-state index is 12.7. The maximum Gasteiger partial charge on any atom is 0.336 e. The first-order chi connectivity index (χ1) is 8.56. The minimum atomic E-state index is -1.00. The van der Waals surface area contributed by atoms with Gasteiger partial charge in [-0.05, 0) is 48.9 Å². The molecular formula is C14H11FO3. The van der Waals surface area contributed by atoms with Gasteiger partial charge in [-0.3, -0.25) is 0 Å². The van der Waals surface area contributed by atoms with Crippen LogP contribution >= 0.6 is 0 Å². The quantitative estimate of drug-likeness (QED) is 0.899. The Bertz CT molecular complexity index is 576. The van der Waals surface area contributed by atoms with Gasteiger partial charge in [0, 0.05) is 0 Å². The summed E-state index contributed by atoms with van der Waals surface area (Å²) in [7, 11) is 0. The van der Waals surface area contributed by atoms with E-state index in [9.17, 15) is 9.18 Å². The Kier molecular flexibility index (Phi) is 3.28. The van der Waals surface area contributed by atoms with Crippen LogP contribution in [0, 0.1) is 12.7 Å². The molecule has 0 radical (unpaired) electrons. The molecule has 0 aliphatic rings. The lowest BCUT2D eigenvalue weighted by Crippen LogP contribution is -1.99. The number of hydrogen-bond donors (Lipinski definition) is 1. The van der Waals surface area contributed by atoms with E-state index in [4.69, 9.17) is 9.84 Å². The molecule has 0 unspecified atom stereocenters. The summed E-state index contributed by atoms with van der Waals surface area (Å²) in [5.41, 5.74) is 0.851. The van der Waals surface area contributed by atoms with E-state index in [0.29, 0.717) is 17.1 Å². The number of aromatic carboxylic acids is 1. The Morgan fingerprint density at radius 3 is 2.33 bits per heavy atom. The standard InChI is InChI=1S/C14H11FO3/c1-9-2-5-12(8-13(9)14(16)17)18-11-6-3-10(15)4-7-11/h2-8H,1H3,(H,16,17). The topological polar surface area (TPSA) is 46.5 Å². The number of hydrogen-bond acceptors (Lipinski definition) is 2. The highest BCUT2D eigenvalue weighted by Crippen LogP contribution is 2.24. The van der Waals surface area contributed by atoms with Crippen molar-refractivity contribution in [2.75, 3.05) is 0 Å². The zero-order valence-corrected chi connectivity index (χ0v) is 9.68. The molecule has 0 heterocycles. The van der Waals surface area contributed by atoms with Crippen LogP contribution in [0.15, 0.2) is 42.5 Å². The predicted molar refractivity (Wildman–Crippen MR) is 64.6 cm³/mol. The Hall–Kier alpha value is -2.36. The van der Waals surface area contributed by atoms with Crippen molar-refractivity contribution in [2.24, 2.45) is 0 Å². The average molecular weight is 246 g/mol. The summed E-state index contributed by atoms with van der Waals surface area (Å²) in [5.74, 6) is -0.490. The monoisotopic (exact) mass is 246 g/mol. The number of carbonyl (C=O) groups is 1. The Labute approximate surface area is 103 Å². The molecule has 2 aromatic rings. The van der Waals surface area contributed by atoms with Crippen LogP contribution in [0.2, 0.25) is 0 Å². The fourth-order valence-corrected chi connectivity index (χ4v) is 1.53. The molecule has 0 atom stereocenters. The average Bonchev–Trinajstić information content (AvgIpc) is 2.34. The Balaban J connectivity index is 2.27. The first-order valence-corrected chi connectivity index (χ1v) is 5.33. The van der Waals surface area contributed by atoms with Gasteiger partial charge >= 0.3 is 5.97 Å². The molecule has 3 nitrogen and oxygen atoms in total. The van der Waals surface area contributed by atoms with Gasteiger partial charge in [-0.25, -0.2) is 9.18 Å². The number of ether oxygens (including phenoxy) is 1. The lowest BCUT2D eigenvalue weighted by atomic mass is 10.1. The Morgan fingerprint density at radius 1 is 1.11 bits per heavy atom. The lowest BCUT2D eigenvalue weighted by Gasteiger charge is -2.07. The van der Waals surface area contributed by atoms with Crippen LogP contribution in [0.5, 0.6) is 11.5 Å². The molecule has 0 fully saturated rings. The van der Waals surface area contributed by atoms with E-state index in [2.05, 4.69) is 0 Å². The summed E-state index contributed by atoms with van der Waals surface area (Å²) in [6.07, 6.45) is 0. The van der Waals surface area contributed by atoms with Gasteiger partial charge in [-0.2, -0.15) is 0 Å². The van der Waals surface area contributed by atoms with Gasteiger partial charge in [0.05, 0.1) is 5.56 Å². The van der Waals surface area contributed by atoms with Crippen LogP contribution in [-0.4, -0.2) is 11.1 Å². The van der Waals surface area contributed by atoms with E-state index in [1.807, 2.05) is 0 Å². The summed E-state index contributed by atoms with van der Waals surface area (Å²) in [6, 6.07) is 10.3. The summed E-state index contributed by atoms with van der Waals surface area (Å²) >= 11 is 0. The molecule has 1 N–H and O–H groups in total. The molecule has 92 valence electrons. The highest BCUT2D eigenvalue weighted by atomic mass is 19.1. The molecule has 0 aliphatic carbocycles. The van der Waals surface area contributed by atoms with Crippen LogP contribution < -0.4 is 4.74 Å². The normalized spacial score (nSPS) is 10.1. The maximum absolute atomic E-state index is 12.7. The number of carboxylic acids is 1. The van der Waals surface area contributed by atoms with Crippen molar-refractivity contribution in [3.8, 4) is 11.5 Å². The van der Waals surface area contributed by atoms with E-state index < -0.39 is 5.97 Å². The van der Waals surface area contributed by atoms with Gasteiger partial charge in [-0.15, -0.1) is 0 Å². The third-order valence-electron chi connectivity index (χ3n) is 2.49. The minimum Gasteiger partial charge on any atom is -0.478 e. The van der Waals surface area contributed by atoms with Crippen molar-refractivity contribution in [2.45, 2.75) is 6.92 Å². The minimum absolute atomic E-state index is 0.189. The molecule has 2 rings (SSSR count). The van der Waals surface area contributed by atoms with Crippen LogP contribution in [-0.2, 0) is 0 Å². The van der Waals surface area contributed by atoms with Gasteiger partial charge < -0.3 is 9.84 Å². The zero-order valence-electron chi connectivity index (χ0n) is 9.68. The lowest BCUT2D eigenvalue weighted by molar-refractivity contribution is 0.0695. The second kappa shape index (κ2) is 4.87. The predicted octanol–water partition coefficient (Wildman–Crippen LogP) is 3.62. The molecule has 0 aliphatic heterocycles. The van der Waals surface area contributed by atoms with Gasteiger partial charge in [-0.1, -0.05) is 6.07 Å². The van der Waals surface area contributed by atoms with Crippen molar-refractivity contribution in [3.05, 3.63) is 59.4 Å². The van der Waals surface area contributed by atoms with E-state index in [1.54, 1.807) is 19.1 Å². The third kappa shape index (κ3) is 2.66. The summed E-state index contributed by atoms with van der Waals surface area (Å²) < 4.78 is 18.2. The van der Waals surface area contributed by atoms with Crippen molar-refractivity contribution in [3.63, 3.8) is 0 Å². The van der Waals surface area contributed by atoms with Crippen LogP contribution in [0.25, 0.3) is 0 Å². The van der Waals surface area contributed by atoms with Crippen LogP contribution in [0.4, 0.5) is 4.39 Å². The summed E-state index contributed by atoms with van der Waals surface area (Å²) in [4.78, 5) is 11.0. The molecule has 2 aromatic carbocycles. The Morgan fingerprint density at radius 2 is 1.72 bits per heavy atom. The number of carboxylic acid groups (broad SMARTS) is 1. The fourth-order valence-electron chi connectivity index (χ4n) is 1.53. The molecule has 0 bridgehead atoms. The molecule has 4 heteroatoms. The summed E-state index contributed by atoms with van der Waals surface area (Å²) in [6.45, 7) is 1.71. The molecule has 0 saturated carbocycles. The van der Waals surface area contributed by atoms with E-state index >= 15 is 0 Å². The SMILES string of the molecule is Cc1ccc(Oc2ccc(F)cc2)cc1C(=O)O. The first kappa shape index (κ1) is 12.1. The third-order valence-corrected chi connectivity index (χ3v) is 2.49. The molecule has 0 saturated heterocycles. The van der Waals surface area contributed by atoms with E-state index in [0.717, 1.165) is 0 Å². The highest BCUT2D eigenvalue weighted by Gasteiger charge is 2.08. The molecule has 0 spiro atoms. The van der Waals surface area contributed by atoms with Crippen molar-refractivity contribution in [1.82, 2.24) is 0 Å². The molecule has 0 aromatic heterocycles. The second-order valence-electron chi connectivity index (χ2n) is 3.84. The fraction of sp³-hybridized carbons (Fsp3) is 0.0714. The van der Waals surface area contributed by atoms with Crippen molar-refractivity contribution in [1.29, 1.82) is 0 Å². The highest BCUT2D eigenvalue weighted by molar-refractivity contribution is 5.89. The summed E-state index contributed by atoms with van der Waals surface area (Å²) in [5, 5.41) is 8.99. The van der Waals surface area contributed by atoms with Crippen molar-refractivity contribution >= 4 is 5.97 Å². The van der Waals surface area contributed by atoms with Gasteiger partial charge in [0.2, 0.25) is 0 Å². The van der Waals surface area contributed by atoms with Gasteiger partial charge in [0.25, 0.3) is 0 Å². The molecule has 18 heavy (non-hydrogen) atoms. The van der Waals surface area contributed by atoms with E-state index in [-0.39, 0.29) is 11.4 Å². The number of aryl methyl sites for hydroxylation is 1. The smallest absolute Gasteiger partial charge is 0.336 e. The number of rotatable bonds is 3. The first-order valence-electron chi connectivity index (χ1n) is 5.33. The number of benzene rings is 2.